The van der Waals surface area contributed by atoms with Crippen molar-refractivity contribution in [1.82, 2.24) is 9.97 Å². The van der Waals surface area contributed by atoms with Crippen molar-refractivity contribution in [2.75, 3.05) is 29.1 Å². The summed E-state index contributed by atoms with van der Waals surface area (Å²) in [5, 5.41) is 3.55. The van der Waals surface area contributed by atoms with Crippen LogP contribution in [0.1, 0.15) is 0 Å². The van der Waals surface area contributed by atoms with Crippen molar-refractivity contribution in [3.63, 3.8) is 0 Å². The van der Waals surface area contributed by atoms with Crippen LogP contribution in [-0.4, -0.2) is 39.0 Å². The fourth-order valence-electron chi connectivity index (χ4n) is 1.33. The fourth-order valence-corrected chi connectivity index (χ4v) is 4.08. The van der Waals surface area contributed by atoms with Crippen LogP contribution < -0.4 is 5.32 Å². The molecule has 1 saturated heterocycles. The van der Waals surface area contributed by atoms with Crippen LogP contribution in [0.4, 0.5) is 10.2 Å². The van der Waals surface area contributed by atoms with Gasteiger partial charge in [-0.2, -0.15) is 28.5 Å². The minimum atomic E-state index is -0.460. The lowest BCUT2D eigenvalue weighted by Gasteiger charge is -2.21. The van der Waals surface area contributed by atoms with Crippen LogP contribution in [0, 0.1) is 5.82 Å². The first-order valence-corrected chi connectivity index (χ1v) is 7.45. The summed E-state index contributed by atoms with van der Waals surface area (Å²) < 4.78 is 13.3. The molecule has 7 heteroatoms. The highest BCUT2D eigenvalue weighted by Gasteiger charge is 2.15. The van der Waals surface area contributed by atoms with E-state index in [1.54, 1.807) is 0 Å². The number of halogens is 2. The largest absolute Gasteiger partial charge is 0.366 e. The summed E-state index contributed by atoms with van der Waals surface area (Å²) >= 11 is 9.44. The smallest absolute Gasteiger partial charge is 0.224 e. The molecule has 0 amide bonds. The number of hydrogen-bond donors (Lipinski definition) is 1. The standard InChI is InChI=1S/C9H11ClFN3S2/c10-9-13-4-7(11)8(14-9)12-3-6-5-15-1-2-16-6/h4,6H,1-3,5H2,(H,12,13,14). The van der Waals surface area contributed by atoms with Crippen molar-refractivity contribution in [3.8, 4) is 0 Å². The Morgan fingerprint density at radius 1 is 1.56 bits per heavy atom. The molecular formula is C9H11ClFN3S2. The monoisotopic (exact) mass is 279 g/mol. The van der Waals surface area contributed by atoms with E-state index in [9.17, 15) is 4.39 Å². The second-order valence-corrected chi connectivity index (χ2v) is 6.18. The lowest BCUT2D eigenvalue weighted by atomic mass is 10.4. The van der Waals surface area contributed by atoms with E-state index < -0.39 is 5.82 Å². The lowest BCUT2D eigenvalue weighted by molar-refractivity contribution is 0.616. The molecule has 3 nitrogen and oxygen atoms in total. The van der Waals surface area contributed by atoms with E-state index in [-0.39, 0.29) is 11.1 Å². The Balaban J connectivity index is 1.90. The second-order valence-electron chi connectivity index (χ2n) is 3.28. The maximum absolute atomic E-state index is 13.3. The Hall–Kier alpha value is -0.200. The molecular weight excluding hydrogens is 269 g/mol. The third-order valence-corrected chi connectivity index (χ3v) is 5.12. The van der Waals surface area contributed by atoms with Crippen molar-refractivity contribution in [1.29, 1.82) is 0 Å². The van der Waals surface area contributed by atoms with Gasteiger partial charge in [-0.25, -0.2) is 9.37 Å². The zero-order valence-electron chi connectivity index (χ0n) is 8.45. The molecule has 1 atom stereocenters. The Labute approximate surface area is 107 Å². The molecule has 1 aliphatic rings. The van der Waals surface area contributed by atoms with Gasteiger partial charge in [-0.1, -0.05) is 0 Å². The van der Waals surface area contributed by atoms with Gasteiger partial charge in [-0.05, 0) is 11.6 Å². The minimum Gasteiger partial charge on any atom is -0.366 e. The first kappa shape index (κ1) is 12.3. The van der Waals surface area contributed by atoms with Crippen molar-refractivity contribution >= 4 is 40.9 Å². The molecule has 1 aliphatic heterocycles. The van der Waals surface area contributed by atoms with Gasteiger partial charge in [0.05, 0.1) is 6.20 Å². The molecule has 1 aromatic heterocycles. The van der Waals surface area contributed by atoms with Gasteiger partial charge in [0.1, 0.15) is 0 Å². The molecule has 1 unspecified atom stereocenters. The number of rotatable bonds is 3. The molecule has 16 heavy (non-hydrogen) atoms. The number of hydrogen-bond acceptors (Lipinski definition) is 5. The third-order valence-electron chi connectivity index (χ3n) is 2.10. The molecule has 1 fully saturated rings. The molecule has 1 aromatic rings. The number of anilines is 1. The van der Waals surface area contributed by atoms with Crippen LogP contribution in [0.3, 0.4) is 0 Å². The van der Waals surface area contributed by atoms with E-state index in [0.29, 0.717) is 11.8 Å². The highest BCUT2D eigenvalue weighted by Crippen LogP contribution is 2.24. The van der Waals surface area contributed by atoms with Crippen LogP contribution in [0.15, 0.2) is 6.20 Å². The van der Waals surface area contributed by atoms with Crippen LogP contribution >= 0.6 is 35.1 Å². The van der Waals surface area contributed by atoms with Crippen molar-refractivity contribution in [3.05, 3.63) is 17.3 Å². The Morgan fingerprint density at radius 2 is 2.44 bits per heavy atom. The molecule has 0 bridgehead atoms. The van der Waals surface area contributed by atoms with Crippen LogP contribution in [0.25, 0.3) is 0 Å². The summed E-state index contributed by atoms with van der Waals surface area (Å²) in [6.45, 7) is 0.710. The first-order chi connectivity index (χ1) is 7.75. The summed E-state index contributed by atoms with van der Waals surface area (Å²) in [5.41, 5.74) is 0. The van der Waals surface area contributed by atoms with Crippen LogP contribution in [-0.2, 0) is 0 Å². The Morgan fingerprint density at radius 3 is 3.19 bits per heavy atom. The van der Waals surface area contributed by atoms with E-state index in [2.05, 4.69) is 15.3 Å². The van der Waals surface area contributed by atoms with Gasteiger partial charge < -0.3 is 5.32 Å². The maximum Gasteiger partial charge on any atom is 0.224 e. The van der Waals surface area contributed by atoms with E-state index >= 15 is 0 Å². The molecule has 0 saturated carbocycles. The molecule has 0 aliphatic carbocycles. The van der Waals surface area contributed by atoms with E-state index in [1.165, 1.54) is 5.75 Å². The molecule has 0 spiro atoms. The topological polar surface area (TPSA) is 37.8 Å². The Bertz CT molecular complexity index is 361. The fraction of sp³-hybridized carbons (Fsp3) is 0.556. The SMILES string of the molecule is Fc1cnc(Cl)nc1NCC1CSCCS1. The minimum absolute atomic E-state index is 0.0644. The van der Waals surface area contributed by atoms with Gasteiger partial charge in [0.25, 0.3) is 0 Å². The molecule has 0 aromatic carbocycles. The highest BCUT2D eigenvalue weighted by atomic mass is 35.5. The number of nitrogens with zero attached hydrogens (tertiary/aromatic N) is 2. The zero-order chi connectivity index (χ0) is 11.4. The highest BCUT2D eigenvalue weighted by molar-refractivity contribution is 8.06. The summed E-state index contributed by atoms with van der Waals surface area (Å²) in [6, 6.07) is 0. The third kappa shape index (κ3) is 3.40. The number of thioether (sulfide) groups is 2. The van der Waals surface area contributed by atoms with Crippen molar-refractivity contribution in [2.45, 2.75) is 5.25 Å². The lowest BCUT2D eigenvalue weighted by Crippen LogP contribution is -2.24. The zero-order valence-corrected chi connectivity index (χ0v) is 10.8. The van der Waals surface area contributed by atoms with Crippen molar-refractivity contribution in [2.24, 2.45) is 0 Å². The first-order valence-electron chi connectivity index (χ1n) is 4.87. The average molecular weight is 280 g/mol. The van der Waals surface area contributed by atoms with Gasteiger partial charge >= 0.3 is 0 Å². The van der Waals surface area contributed by atoms with Crippen molar-refractivity contribution < 1.29 is 4.39 Å². The maximum atomic E-state index is 13.3. The Kier molecular flexibility index (Phi) is 4.55. The van der Waals surface area contributed by atoms with Gasteiger partial charge in [0.15, 0.2) is 11.6 Å². The quantitative estimate of drug-likeness (QED) is 0.861. The van der Waals surface area contributed by atoms with Gasteiger partial charge in [-0.3, -0.25) is 0 Å². The normalized spacial score (nSPS) is 20.8. The summed E-state index contributed by atoms with van der Waals surface area (Å²) in [7, 11) is 0. The molecule has 1 N–H and O–H groups in total. The second kappa shape index (κ2) is 5.93. The molecule has 2 heterocycles. The van der Waals surface area contributed by atoms with E-state index in [0.717, 1.165) is 17.7 Å². The predicted octanol–water partition coefficient (Wildman–Crippen LogP) is 2.53. The molecule has 88 valence electrons. The average Bonchev–Trinajstić information content (AvgIpc) is 2.32. The van der Waals surface area contributed by atoms with Gasteiger partial charge in [0.2, 0.25) is 5.28 Å². The van der Waals surface area contributed by atoms with Gasteiger partial charge in [0, 0.05) is 29.1 Å². The number of nitrogens with one attached hydrogen (secondary N) is 1. The van der Waals surface area contributed by atoms with E-state index in [1.807, 2.05) is 23.5 Å². The number of aromatic nitrogens is 2. The molecule has 2 rings (SSSR count). The summed E-state index contributed by atoms with van der Waals surface area (Å²) in [4.78, 5) is 7.37. The van der Waals surface area contributed by atoms with E-state index in [4.69, 9.17) is 11.6 Å². The summed E-state index contributed by atoms with van der Waals surface area (Å²) in [5.74, 6) is 3.19. The summed E-state index contributed by atoms with van der Waals surface area (Å²) in [6.07, 6.45) is 1.08. The van der Waals surface area contributed by atoms with Crippen LogP contribution in [0.2, 0.25) is 5.28 Å². The van der Waals surface area contributed by atoms with Crippen LogP contribution in [0.5, 0.6) is 0 Å². The molecule has 0 radical (unpaired) electrons. The predicted molar refractivity (Wildman–Crippen MR) is 69.1 cm³/mol. The van der Waals surface area contributed by atoms with Gasteiger partial charge in [-0.15, -0.1) is 0 Å².